The number of aryl methyl sites for hydroxylation is 1. The minimum atomic E-state index is -0.143. The number of rotatable bonds is 2. The third-order valence-corrected chi connectivity index (χ3v) is 19.1. The minimum Gasteiger partial charge on any atom is -0.485 e. The van der Waals surface area contributed by atoms with Crippen LogP contribution < -0.4 is 31.1 Å². The van der Waals surface area contributed by atoms with E-state index in [4.69, 9.17) is 9.15 Å². The van der Waals surface area contributed by atoms with Crippen LogP contribution in [0.4, 0.5) is 34.1 Å². The maximum Gasteiger partial charge on any atom is 0.297 e. The highest BCUT2D eigenvalue weighted by atomic mass is 16.5. The summed E-state index contributed by atoms with van der Waals surface area (Å²) in [7, 11) is 0. The maximum absolute atomic E-state index is 7.75. The lowest BCUT2D eigenvalue weighted by Crippen LogP contribution is -2.61. The van der Waals surface area contributed by atoms with Crippen LogP contribution in [0, 0.1) is 6.92 Å². The van der Waals surface area contributed by atoms with Gasteiger partial charge in [0.25, 0.3) is 6.71 Å². The molecule has 0 saturated heterocycles. The van der Waals surface area contributed by atoms with Gasteiger partial charge >= 0.3 is 0 Å². The number of hydrogen-bond donors (Lipinski definition) is 0. The van der Waals surface area contributed by atoms with Crippen molar-refractivity contribution in [3.8, 4) is 16.9 Å². The van der Waals surface area contributed by atoms with Crippen molar-refractivity contribution in [2.75, 3.05) is 9.80 Å². The van der Waals surface area contributed by atoms with E-state index < -0.39 is 0 Å². The van der Waals surface area contributed by atoms with Crippen molar-refractivity contribution in [3.63, 3.8) is 0 Å². The van der Waals surface area contributed by atoms with Crippen molar-refractivity contribution in [2.45, 2.75) is 174 Å². The van der Waals surface area contributed by atoms with Crippen LogP contribution in [-0.4, -0.2) is 6.71 Å². The fourth-order valence-electron chi connectivity index (χ4n) is 14.4. The first kappa shape index (κ1) is 44.3. The molecule has 0 radical (unpaired) electrons. The quantitative estimate of drug-likeness (QED) is 0.162. The fourth-order valence-corrected chi connectivity index (χ4v) is 14.4. The standard InChI is InChI=1S/C65H71BN2O2/c1-37-30-52-57-53(31-37)68(50-20-17-21-54-56(50)41-19-16-15-18-40(41)38(2)69-54)58-42-33-45-48(65(13,14)29-26-62(45,7)8)36-55(42)70-59(58)66(57)49-34-46-47(64(11,12)28-27-63(46,9)10)35-51(49)67(52)39-22-23-43-44(32-39)61(5,6)25-24-60(43,3)4/h15-23,30-36,38H,24-29H2,1-14H3/t38-/m1/s1. The zero-order valence-corrected chi connectivity index (χ0v) is 44.3. The molecular weight excluding hydrogens is 852 g/mol. The highest BCUT2D eigenvalue weighted by Crippen LogP contribution is 2.57. The van der Waals surface area contributed by atoms with Gasteiger partial charge in [-0.1, -0.05) is 126 Å². The summed E-state index contributed by atoms with van der Waals surface area (Å²) in [6, 6.07) is 38.3. The smallest absolute Gasteiger partial charge is 0.297 e. The first-order chi connectivity index (χ1) is 33.0. The molecule has 6 aliphatic rings. The third kappa shape index (κ3) is 6.02. The van der Waals surface area contributed by atoms with Gasteiger partial charge < -0.3 is 19.0 Å². The van der Waals surface area contributed by atoms with E-state index in [-0.39, 0.29) is 45.3 Å². The van der Waals surface area contributed by atoms with Crippen molar-refractivity contribution >= 4 is 68.4 Å². The molecule has 13 rings (SSSR count). The lowest BCUT2D eigenvalue weighted by molar-refractivity contribution is 0.223. The van der Waals surface area contributed by atoms with Gasteiger partial charge in [0.05, 0.1) is 17.0 Å². The fraction of sp³-hybridized carbons (Fsp3) is 0.415. The second kappa shape index (κ2) is 14.0. The summed E-state index contributed by atoms with van der Waals surface area (Å²) in [5.41, 5.74) is 25.7. The Kier molecular flexibility index (Phi) is 8.89. The van der Waals surface area contributed by atoms with E-state index in [1.807, 2.05) is 0 Å². The van der Waals surface area contributed by atoms with Gasteiger partial charge in [-0.3, -0.25) is 0 Å². The monoisotopic (exact) mass is 923 g/mol. The Hall–Kier alpha value is -5.68. The molecule has 0 N–H and O–H groups in total. The van der Waals surface area contributed by atoms with Gasteiger partial charge in [-0.25, -0.2) is 0 Å². The van der Waals surface area contributed by atoms with Crippen LogP contribution in [0.5, 0.6) is 5.75 Å². The van der Waals surface area contributed by atoms with Crippen molar-refractivity contribution in [3.05, 3.63) is 142 Å². The van der Waals surface area contributed by atoms with Crippen molar-refractivity contribution < 1.29 is 9.15 Å². The van der Waals surface area contributed by atoms with Crippen LogP contribution in [0.25, 0.3) is 22.1 Å². The van der Waals surface area contributed by atoms with Gasteiger partial charge in [-0.15, -0.1) is 0 Å². The molecule has 0 spiro atoms. The van der Waals surface area contributed by atoms with Crippen LogP contribution >= 0.6 is 0 Å². The Labute approximate surface area is 417 Å². The number of furan rings is 1. The number of anilines is 6. The molecule has 70 heavy (non-hydrogen) atoms. The summed E-state index contributed by atoms with van der Waals surface area (Å²) in [4.78, 5) is 5.28. The Morgan fingerprint density at radius 1 is 0.514 bits per heavy atom. The molecular formula is C65H71BN2O2. The Bertz CT molecular complexity index is 3430. The number of benzene rings is 6. The molecule has 4 nitrogen and oxygen atoms in total. The lowest BCUT2D eigenvalue weighted by Gasteiger charge is -2.47. The Morgan fingerprint density at radius 3 is 1.73 bits per heavy atom. The molecule has 0 fully saturated rings. The van der Waals surface area contributed by atoms with E-state index in [2.05, 4.69) is 204 Å². The third-order valence-electron chi connectivity index (χ3n) is 19.1. The first-order valence-electron chi connectivity index (χ1n) is 26.6. The van der Waals surface area contributed by atoms with Gasteiger partial charge in [-0.05, 0) is 195 Å². The first-order valence-corrected chi connectivity index (χ1v) is 26.6. The summed E-state index contributed by atoms with van der Waals surface area (Å²) < 4.78 is 14.6. The van der Waals surface area contributed by atoms with Gasteiger partial charge in [0, 0.05) is 39.3 Å². The highest BCUT2D eigenvalue weighted by Gasteiger charge is 2.51. The van der Waals surface area contributed by atoms with Crippen LogP contribution in [0.2, 0.25) is 0 Å². The van der Waals surface area contributed by atoms with Gasteiger partial charge in [0.15, 0.2) is 0 Å². The van der Waals surface area contributed by atoms with Gasteiger partial charge in [0.2, 0.25) is 0 Å². The van der Waals surface area contributed by atoms with E-state index >= 15 is 0 Å². The molecule has 0 bridgehead atoms. The molecule has 356 valence electrons. The number of ether oxygens (including phenoxy) is 1. The molecule has 0 unspecified atom stereocenters. The highest BCUT2D eigenvalue weighted by molar-refractivity contribution is 7.00. The number of nitrogens with zero attached hydrogens (tertiary/aromatic N) is 2. The molecule has 3 aliphatic carbocycles. The van der Waals surface area contributed by atoms with Crippen LogP contribution in [0.3, 0.4) is 0 Å². The average molecular weight is 923 g/mol. The van der Waals surface area contributed by atoms with Crippen LogP contribution in [-0.2, 0) is 32.5 Å². The van der Waals surface area contributed by atoms with E-state index in [0.717, 1.165) is 59.6 Å². The molecule has 4 heterocycles. The van der Waals surface area contributed by atoms with Gasteiger partial charge in [-0.2, -0.15) is 0 Å². The molecule has 7 aromatic rings. The summed E-state index contributed by atoms with van der Waals surface area (Å²) in [6.07, 6.45) is 6.90. The lowest BCUT2D eigenvalue weighted by atomic mass is 9.35. The SMILES string of the molecule is Cc1cc2c3c(c1)N(c1cccc4c1-c1ccccc1[C@@H](C)O4)c1c(oc4cc5c(cc14)C(C)(C)CCC5(C)C)B3c1cc3c(cc1N2c1ccc2c(c1)C(C)(C)CCC2(C)C)C(C)(C)CCC3(C)C. The molecule has 6 aromatic carbocycles. The van der Waals surface area contributed by atoms with Crippen LogP contribution in [0.1, 0.15) is 179 Å². The molecule has 1 aromatic heterocycles. The molecule has 1 atom stereocenters. The molecule has 3 aliphatic heterocycles. The van der Waals surface area contributed by atoms with Gasteiger partial charge in [0.1, 0.15) is 17.4 Å². The predicted molar refractivity (Wildman–Crippen MR) is 295 cm³/mol. The molecule has 5 heteroatoms. The summed E-state index contributed by atoms with van der Waals surface area (Å²) >= 11 is 0. The van der Waals surface area contributed by atoms with E-state index in [1.54, 1.807) is 0 Å². The topological polar surface area (TPSA) is 28.9 Å². The van der Waals surface area contributed by atoms with Crippen molar-refractivity contribution in [2.24, 2.45) is 0 Å². The Morgan fingerprint density at radius 2 is 1.07 bits per heavy atom. The minimum absolute atomic E-state index is 0.0176. The molecule has 0 amide bonds. The number of hydrogen-bond acceptors (Lipinski definition) is 4. The average Bonchev–Trinajstić information content (AvgIpc) is 3.68. The normalized spacial score (nSPS) is 21.8. The van der Waals surface area contributed by atoms with E-state index in [9.17, 15) is 0 Å². The predicted octanol–water partition coefficient (Wildman–Crippen LogP) is 16.0. The second-order valence-electron chi connectivity index (χ2n) is 26.5. The second-order valence-corrected chi connectivity index (χ2v) is 26.5. The summed E-state index contributed by atoms with van der Waals surface area (Å²) in [5.74, 6) is 0.921. The summed E-state index contributed by atoms with van der Waals surface area (Å²) in [6.45, 7) is 33.8. The maximum atomic E-state index is 7.75. The largest absolute Gasteiger partial charge is 0.485 e. The van der Waals surface area contributed by atoms with Crippen molar-refractivity contribution in [1.82, 2.24) is 0 Å². The van der Waals surface area contributed by atoms with Crippen LogP contribution in [0.15, 0.2) is 101 Å². The Balaban J connectivity index is 1.18. The zero-order chi connectivity index (χ0) is 49.0. The summed E-state index contributed by atoms with van der Waals surface area (Å²) in [5, 5.41) is 1.19. The van der Waals surface area contributed by atoms with Crippen molar-refractivity contribution in [1.29, 1.82) is 0 Å². The number of fused-ring (bicyclic) bond motifs is 12. The molecule has 0 saturated carbocycles. The van der Waals surface area contributed by atoms with E-state index in [1.165, 1.54) is 102 Å². The van der Waals surface area contributed by atoms with E-state index in [0.29, 0.717) is 0 Å². The zero-order valence-electron chi connectivity index (χ0n) is 44.3.